The van der Waals surface area contributed by atoms with Gasteiger partial charge in [-0.25, -0.2) is 0 Å². The van der Waals surface area contributed by atoms with Gasteiger partial charge in [0.25, 0.3) is 0 Å². The standard InChI is InChI=1S/C17H26N2O2/c1-13(2)8-10-21-16-6-4-3-5-14(16)12-19-17(20)15-7-9-18-11-15/h3-6,13,15,18H,7-12H2,1-2H3,(H,19,20). The summed E-state index contributed by atoms with van der Waals surface area (Å²) in [5.41, 5.74) is 1.04. The van der Waals surface area contributed by atoms with Crippen LogP contribution in [0, 0.1) is 11.8 Å². The molecule has 0 aliphatic carbocycles. The zero-order chi connectivity index (χ0) is 15.1. The monoisotopic (exact) mass is 290 g/mol. The maximum absolute atomic E-state index is 12.0. The highest BCUT2D eigenvalue weighted by molar-refractivity contribution is 5.79. The third-order valence-corrected chi connectivity index (χ3v) is 3.81. The topological polar surface area (TPSA) is 50.4 Å². The van der Waals surface area contributed by atoms with Crippen molar-refractivity contribution < 1.29 is 9.53 Å². The molecule has 0 bridgehead atoms. The predicted molar refractivity (Wildman–Crippen MR) is 84.2 cm³/mol. The van der Waals surface area contributed by atoms with E-state index in [4.69, 9.17) is 4.74 Å². The van der Waals surface area contributed by atoms with Gasteiger partial charge in [0, 0.05) is 18.7 Å². The minimum absolute atomic E-state index is 0.110. The van der Waals surface area contributed by atoms with Gasteiger partial charge < -0.3 is 15.4 Å². The number of amides is 1. The van der Waals surface area contributed by atoms with Crippen LogP contribution in [0.25, 0.3) is 0 Å². The second kappa shape index (κ2) is 8.03. The van der Waals surface area contributed by atoms with Crippen LogP contribution < -0.4 is 15.4 Å². The number of nitrogens with one attached hydrogen (secondary N) is 2. The second-order valence-electron chi connectivity index (χ2n) is 6.05. The van der Waals surface area contributed by atoms with E-state index in [1.54, 1.807) is 0 Å². The first-order valence-electron chi connectivity index (χ1n) is 7.86. The molecular formula is C17H26N2O2. The number of rotatable bonds is 7. The summed E-state index contributed by atoms with van der Waals surface area (Å²) in [4.78, 5) is 12.0. The van der Waals surface area contributed by atoms with Crippen LogP contribution in [0.15, 0.2) is 24.3 Å². The van der Waals surface area contributed by atoms with Crippen molar-refractivity contribution in [2.75, 3.05) is 19.7 Å². The van der Waals surface area contributed by atoms with Crippen molar-refractivity contribution in [1.82, 2.24) is 10.6 Å². The summed E-state index contributed by atoms with van der Waals surface area (Å²) in [6, 6.07) is 7.93. The number of ether oxygens (including phenoxy) is 1. The molecule has 1 aromatic carbocycles. The van der Waals surface area contributed by atoms with E-state index in [9.17, 15) is 4.79 Å². The fraction of sp³-hybridized carbons (Fsp3) is 0.588. The Labute approximate surface area is 127 Å². The van der Waals surface area contributed by atoms with Gasteiger partial charge in [0.15, 0.2) is 0 Å². The van der Waals surface area contributed by atoms with E-state index < -0.39 is 0 Å². The molecular weight excluding hydrogens is 264 g/mol. The van der Waals surface area contributed by atoms with Gasteiger partial charge in [-0.3, -0.25) is 4.79 Å². The Morgan fingerprint density at radius 3 is 2.95 bits per heavy atom. The SMILES string of the molecule is CC(C)CCOc1ccccc1CNC(=O)C1CCNC1. The summed E-state index contributed by atoms with van der Waals surface area (Å²) in [6.07, 6.45) is 1.97. The fourth-order valence-corrected chi connectivity index (χ4v) is 2.40. The summed E-state index contributed by atoms with van der Waals surface area (Å²) in [6.45, 7) is 7.35. The van der Waals surface area contributed by atoms with E-state index in [0.29, 0.717) is 12.5 Å². The molecule has 1 saturated heterocycles. The first-order chi connectivity index (χ1) is 10.2. The summed E-state index contributed by atoms with van der Waals surface area (Å²) in [5, 5.41) is 6.24. The van der Waals surface area contributed by atoms with Gasteiger partial charge in [0.05, 0.1) is 12.5 Å². The molecule has 4 nitrogen and oxygen atoms in total. The van der Waals surface area contributed by atoms with Crippen molar-refractivity contribution in [3.63, 3.8) is 0 Å². The van der Waals surface area contributed by atoms with Gasteiger partial charge in [0.1, 0.15) is 5.75 Å². The lowest BCUT2D eigenvalue weighted by atomic mass is 10.1. The number of carbonyl (C=O) groups excluding carboxylic acids is 1. The Hall–Kier alpha value is -1.55. The van der Waals surface area contributed by atoms with Crippen molar-refractivity contribution in [2.45, 2.75) is 33.2 Å². The minimum Gasteiger partial charge on any atom is -0.493 e. The first kappa shape index (κ1) is 15.8. The molecule has 1 unspecified atom stereocenters. The minimum atomic E-state index is 0.110. The molecule has 21 heavy (non-hydrogen) atoms. The first-order valence-corrected chi connectivity index (χ1v) is 7.86. The maximum Gasteiger partial charge on any atom is 0.224 e. The van der Waals surface area contributed by atoms with Crippen LogP contribution >= 0.6 is 0 Å². The Balaban J connectivity index is 1.85. The maximum atomic E-state index is 12.0. The highest BCUT2D eigenvalue weighted by Crippen LogP contribution is 2.19. The van der Waals surface area contributed by atoms with Gasteiger partial charge in [0.2, 0.25) is 5.91 Å². The van der Waals surface area contributed by atoms with Crippen molar-refractivity contribution in [2.24, 2.45) is 11.8 Å². The molecule has 0 saturated carbocycles. The molecule has 0 spiro atoms. The van der Waals surface area contributed by atoms with Gasteiger partial charge in [-0.1, -0.05) is 32.0 Å². The number of carbonyl (C=O) groups is 1. The largest absolute Gasteiger partial charge is 0.493 e. The van der Waals surface area contributed by atoms with Crippen molar-refractivity contribution in [3.05, 3.63) is 29.8 Å². The molecule has 0 aromatic heterocycles. The number of para-hydroxylation sites is 1. The van der Waals surface area contributed by atoms with Crippen LogP contribution in [0.5, 0.6) is 5.75 Å². The quantitative estimate of drug-likeness (QED) is 0.810. The Morgan fingerprint density at radius 1 is 1.43 bits per heavy atom. The van der Waals surface area contributed by atoms with E-state index in [1.807, 2.05) is 24.3 Å². The molecule has 0 radical (unpaired) electrons. The van der Waals surface area contributed by atoms with Gasteiger partial charge in [-0.15, -0.1) is 0 Å². The number of hydrogen-bond donors (Lipinski definition) is 2. The van der Waals surface area contributed by atoms with Crippen LogP contribution in [0.1, 0.15) is 32.3 Å². The zero-order valence-electron chi connectivity index (χ0n) is 13.0. The lowest BCUT2D eigenvalue weighted by molar-refractivity contribution is -0.124. The molecule has 1 heterocycles. The lowest BCUT2D eigenvalue weighted by Gasteiger charge is -2.14. The molecule has 1 aromatic rings. The van der Waals surface area contributed by atoms with Crippen molar-refractivity contribution in [1.29, 1.82) is 0 Å². The molecule has 116 valence electrons. The molecule has 2 rings (SSSR count). The summed E-state index contributed by atoms with van der Waals surface area (Å²) < 4.78 is 5.84. The van der Waals surface area contributed by atoms with Crippen LogP contribution in [0.2, 0.25) is 0 Å². The third kappa shape index (κ3) is 5.05. The van der Waals surface area contributed by atoms with E-state index in [2.05, 4.69) is 24.5 Å². The third-order valence-electron chi connectivity index (χ3n) is 3.81. The Bertz CT molecular complexity index is 454. The summed E-state index contributed by atoms with van der Waals surface area (Å²) >= 11 is 0. The average molecular weight is 290 g/mol. The average Bonchev–Trinajstić information content (AvgIpc) is 3.00. The Morgan fingerprint density at radius 2 is 2.24 bits per heavy atom. The van der Waals surface area contributed by atoms with Crippen LogP contribution in [-0.4, -0.2) is 25.6 Å². The number of hydrogen-bond acceptors (Lipinski definition) is 3. The van der Waals surface area contributed by atoms with E-state index >= 15 is 0 Å². The predicted octanol–water partition coefficient (Wildman–Crippen LogP) is 2.34. The van der Waals surface area contributed by atoms with Crippen LogP contribution in [0.3, 0.4) is 0 Å². The van der Waals surface area contributed by atoms with Gasteiger partial charge in [-0.2, -0.15) is 0 Å². The lowest BCUT2D eigenvalue weighted by Crippen LogP contribution is -2.31. The van der Waals surface area contributed by atoms with Crippen LogP contribution in [-0.2, 0) is 11.3 Å². The van der Waals surface area contributed by atoms with Crippen molar-refractivity contribution >= 4 is 5.91 Å². The summed E-state index contributed by atoms with van der Waals surface area (Å²) in [5.74, 6) is 1.76. The Kier molecular flexibility index (Phi) is 6.05. The van der Waals surface area contributed by atoms with E-state index in [0.717, 1.165) is 43.9 Å². The highest BCUT2D eigenvalue weighted by atomic mass is 16.5. The van der Waals surface area contributed by atoms with E-state index in [-0.39, 0.29) is 11.8 Å². The van der Waals surface area contributed by atoms with Crippen LogP contribution in [0.4, 0.5) is 0 Å². The molecule has 2 N–H and O–H groups in total. The molecule has 1 aliphatic rings. The molecule has 1 atom stereocenters. The fourth-order valence-electron chi connectivity index (χ4n) is 2.40. The smallest absolute Gasteiger partial charge is 0.224 e. The molecule has 4 heteroatoms. The van der Waals surface area contributed by atoms with Gasteiger partial charge >= 0.3 is 0 Å². The summed E-state index contributed by atoms with van der Waals surface area (Å²) in [7, 11) is 0. The molecule has 1 aliphatic heterocycles. The van der Waals surface area contributed by atoms with E-state index in [1.165, 1.54) is 0 Å². The highest BCUT2D eigenvalue weighted by Gasteiger charge is 2.22. The normalized spacial score (nSPS) is 18.0. The molecule has 1 fully saturated rings. The second-order valence-corrected chi connectivity index (χ2v) is 6.05. The van der Waals surface area contributed by atoms with Gasteiger partial charge in [-0.05, 0) is 31.4 Å². The molecule has 1 amide bonds. The number of benzene rings is 1. The zero-order valence-corrected chi connectivity index (χ0v) is 13.0. The van der Waals surface area contributed by atoms with Crippen molar-refractivity contribution in [3.8, 4) is 5.75 Å².